The van der Waals surface area contributed by atoms with E-state index in [0.717, 1.165) is 0 Å². The van der Waals surface area contributed by atoms with Crippen molar-refractivity contribution in [2.24, 2.45) is 0 Å². The Kier molecular flexibility index (Phi) is 3.20. The average molecular weight is 336 g/mol. The molecular formula is C14H7BrFNO3. The van der Waals surface area contributed by atoms with Crippen molar-refractivity contribution in [3.63, 3.8) is 0 Å². The van der Waals surface area contributed by atoms with Crippen molar-refractivity contribution < 1.29 is 18.6 Å². The van der Waals surface area contributed by atoms with Gasteiger partial charge in [-0.25, -0.2) is 4.39 Å². The number of hydrogen-bond donors (Lipinski definition) is 0. The Bertz CT molecular complexity index is 727. The summed E-state index contributed by atoms with van der Waals surface area (Å²) in [5, 5.41) is 8.81. The smallest absolute Gasteiger partial charge is 0.231 e. The van der Waals surface area contributed by atoms with Crippen molar-refractivity contribution in [2.45, 2.75) is 0 Å². The van der Waals surface area contributed by atoms with E-state index in [2.05, 4.69) is 15.9 Å². The van der Waals surface area contributed by atoms with E-state index in [1.165, 1.54) is 12.1 Å². The van der Waals surface area contributed by atoms with Gasteiger partial charge < -0.3 is 14.2 Å². The van der Waals surface area contributed by atoms with Crippen LogP contribution in [0.25, 0.3) is 0 Å². The lowest BCUT2D eigenvalue weighted by Crippen LogP contribution is -1.93. The van der Waals surface area contributed by atoms with E-state index in [4.69, 9.17) is 19.5 Å². The number of halogens is 2. The molecule has 0 saturated heterocycles. The van der Waals surface area contributed by atoms with E-state index >= 15 is 0 Å². The predicted octanol–water partition coefficient (Wildman–Crippen LogP) is 3.98. The fraction of sp³-hybridized carbons (Fsp3) is 0.0714. The molecule has 2 aromatic rings. The Morgan fingerprint density at radius 3 is 2.80 bits per heavy atom. The molecule has 3 rings (SSSR count). The van der Waals surface area contributed by atoms with Gasteiger partial charge in [0.25, 0.3) is 0 Å². The number of hydrogen-bond acceptors (Lipinski definition) is 4. The zero-order valence-corrected chi connectivity index (χ0v) is 11.6. The zero-order chi connectivity index (χ0) is 14.1. The van der Waals surface area contributed by atoms with Gasteiger partial charge in [-0.1, -0.05) is 0 Å². The van der Waals surface area contributed by atoms with Crippen LogP contribution in [-0.4, -0.2) is 6.79 Å². The fourth-order valence-corrected chi connectivity index (χ4v) is 2.18. The van der Waals surface area contributed by atoms with Crippen LogP contribution in [0.2, 0.25) is 0 Å². The standard InChI is InChI=1S/C14H7BrFNO3/c15-13-8(6-17)1-3-11(14(13)16)20-9-2-4-10-12(5-9)19-7-18-10/h1-5H,7H2. The summed E-state index contributed by atoms with van der Waals surface area (Å²) in [6.07, 6.45) is 0. The zero-order valence-electron chi connectivity index (χ0n) is 10.0. The number of benzene rings is 2. The summed E-state index contributed by atoms with van der Waals surface area (Å²) in [6, 6.07) is 9.73. The molecule has 1 aliphatic heterocycles. The van der Waals surface area contributed by atoms with Crippen LogP contribution in [0.1, 0.15) is 5.56 Å². The molecular weight excluding hydrogens is 329 g/mol. The number of ether oxygens (including phenoxy) is 3. The number of nitrogens with zero attached hydrogens (tertiary/aromatic N) is 1. The molecule has 4 nitrogen and oxygen atoms in total. The van der Waals surface area contributed by atoms with Gasteiger partial charge in [0.05, 0.1) is 10.0 Å². The van der Waals surface area contributed by atoms with E-state index in [9.17, 15) is 4.39 Å². The second-order valence-electron chi connectivity index (χ2n) is 3.97. The summed E-state index contributed by atoms with van der Waals surface area (Å²) >= 11 is 3.03. The largest absolute Gasteiger partial charge is 0.454 e. The van der Waals surface area contributed by atoms with Gasteiger partial charge >= 0.3 is 0 Å². The second-order valence-corrected chi connectivity index (χ2v) is 4.76. The first kappa shape index (κ1) is 12.8. The molecule has 2 aromatic carbocycles. The Balaban J connectivity index is 1.92. The predicted molar refractivity (Wildman–Crippen MR) is 71.5 cm³/mol. The van der Waals surface area contributed by atoms with Crippen molar-refractivity contribution in [1.29, 1.82) is 5.26 Å². The maximum absolute atomic E-state index is 14.0. The SMILES string of the molecule is N#Cc1ccc(Oc2ccc3c(c2)OCO3)c(F)c1Br. The fourth-order valence-electron chi connectivity index (χ4n) is 1.76. The van der Waals surface area contributed by atoms with Gasteiger partial charge in [-0.05, 0) is 40.2 Å². The summed E-state index contributed by atoms with van der Waals surface area (Å²) in [7, 11) is 0. The first-order valence-electron chi connectivity index (χ1n) is 5.64. The summed E-state index contributed by atoms with van der Waals surface area (Å²) in [4.78, 5) is 0. The molecule has 0 saturated carbocycles. The Morgan fingerprint density at radius 2 is 2.00 bits per heavy atom. The molecule has 1 aliphatic rings. The molecule has 0 radical (unpaired) electrons. The quantitative estimate of drug-likeness (QED) is 0.832. The minimum Gasteiger partial charge on any atom is -0.454 e. The highest BCUT2D eigenvalue weighted by molar-refractivity contribution is 9.10. The van der Waals surface area contributed by atoms with Crippen LogP contribution in [0.3, 0.4) is 0 Å². The molecule has 0 N–H and O–H groups in total. The molecule has 100 valence electrons. The minimum absolute atomic E-state index is 0.0229. The lowest BCUT2D eigenvalue weighted by molar-refractivity contribution is 0.174. The molecule has 0 amide bonds. The molecule has 0 bridgehead atoms. The van der Waals surface area contributed by atoms with Gasteiger partial charge in [-0.2, -0.15) is 5.26 Å². The van der Waals surface area contributed by atoms with Crippen LogP contribution in [0.15, 0.2) is 34.8 Å². The highest BCUT2D eigenvalue weighted by atomic mass is 79.9. The van der Waals surface area contributed by atoms with Crippen LogP contribution in [-0.2, 0) is 0 Å². The molecule has 6 heteroatoms. The summed E-state index contributed by atoms with van der Waals surface area (Å²) in [6.45, 7) is 0.162. The van der Waals surface area contributed by atoms with Crippen LogP contribution < -0.4 is 14.2 Å². The van der Waals surface area contributed by atoms with Crippen molar-refractivity contribution in [3.8, 4) is 29.1 Å². The Labute approximate surface area is 122 Å². The average Bonchev–Trinajstić information content (AvgIpc) is 2.92. The third-order valence-electron chi connectivity index (χ3n) is 2.74. The van der Waals surface area contributed by atoms with E-state index in [1.807, 2.05) is 6.07 Å². The number of fused-ring (bicyclic) bond motifs is 1. The van der Waals surface area contributed by atoms with Crippen molar-refractivity contribution >= 4 is 15.9 Å². The lowest BCUT2D eigenvalue weighted by atomic mass is 10.2. The number of rotatable bonds is 2. The molecule has 0 atom stereocenters. The van der Waals surface area contributed by atoms with Gasteiger partial charge in [-0.15, -0.1) is 0 Å². The van der Waals surface area contributed by atoms with Gasteiger partial charge in [0.2, 0.25) is 6.79 Å². The van der Waals surface area contributed by atoms with Gasteiger partial charge in [0.1, 0.15) is 11.8 Å². The second kappa shape index (κ2) is 5.02. The van der Waals surface area contributed by atoms with E-state index in [1.54, 1.807) is 18.2 Å². The highest BCUT2D eigenvalue weighted by Crippen LogP contribution is 2.38. The summed E-state index contributed by atoms with van der Waals surface area (Å²) < 4.78 is 30.0. The first-order valence-corrected chi connectivity index (χ1v) is 6.44. The topological polar surface area (TPSA) is 51.5 Å². The normalized spacial score (nSPS) is 12.1. The molecule has 1 heterocycles. The van der Waals surface area contributed by atoms with Gasteiger partial charge in [0.15, 0.2) is 23.1 Å². The Morgan fingerprint density at radius 1 is 1.20 bits per heavy atom. The van der Waals surface area contributed by atoms with Crippen molar-refractivity contribution in [3.05, 3.63) is 46.2 Å². The molecule has 0 spiro atoms. The lowest BCUT2D eigenvalue weighted by Gasteiger charge is -2.09. The molecule has 0 unspecified atom stereocenters. The third kappa shape index (κ3) is 2.17. The highest BCUT2D eigenvalue weighted by Gasteiger charge is 2.16. The van der Waals surface area contributed by atoms with Crippen LogP contribution in [0.5, 0.6) is 23.0 Å². The van der Waals surface area contributed by atoms with Gasteiger partial charge in [0, 0.05) is 6.07 Å². The minimum atomic E-state index is -0.623. The van der Waals surface area contributed by atoms with E-state index < -0.39 is 5.82 Å². The van der Waals surface area contributed by atoms with Crippen LogP contribution in [0.4, 0.5) is 4.39 Å². The van der Waals surface area contributed by atoms with Crippen molar-refractivity contribution in [2.75, 3.05) is 6.79 Å². The van der Waals surface area contributed by atoms with Crippen LogP contribution in [0, 0.1) is 17.1 Å². The molecule has 0 aromatic heterocycles. The first-order chi connectivity index (χ1) is 9.69. The number of nitriles is 1. The monoisotopic (exact) mass is 335 g/mol. The van der Waals surface area contributed by atoms with E-state index in [0.29, 0.717) is 17.2 Å². The van der Waals surface area contributed by atoms with Gasteiger partial charge in [-0.3, -0.25) is 0 Å². The maximum atomic E-state index is 14.0. The summed E-state index contributed by atoms with van der Waals surface area (Å²) in [5.74, 6) is 0.996. The summed E-state index contributed by atoms with van der Waals surface area (Å²) in [5.41, 5.74) is 0.209. The third-order valence-corrected chi connectivity index (χ3v) is 3.51. The molecule has 20 heavy (non-hydrogen) atoms. The maximum Gasteiger partial charge on any atom is 0.231 e. The molecule has 0 aliphatic carbocycles. The van der Waals surface area contributed by atoms with E-state index in [-0.39, 0.29) is 22.6 Å². The van der Waals surface area contributed by atoms with Crippen LogP contribution >= 0.6 is 15.9 Å². The molecule has 0 fully saturated rings. The Hall–Kier alpha value is -2.26. The van der Waals surface area contributed by atoms with Crippen molar-refractivity contribution in [1.82, 2.24) is 0 Å².